The second-order valence-corrected chi connectivity index (χ2v) is 6.60. The van der Waals surface area contributed by atoms with Crippen LogP contribution in [-0.2, 0) is 4.74 Å². The Balaban J connectivity index is 2.82. The molecule has 0 bridgehead atoms. The van der Waals surface area contributed by atoms with Gasteiger partial charge in [-0.3, -0.25) is 0 Å². The van der Waals surface area contributed by atoms with E-state index in [2.05, 4.69) is 26.0 Å². The first kappa shape index (κ1) is 16.0. The van der Waals surface area contributed by atoms with Gasteiger partial charge in [-0.15, -0.1) is 0 Å². The summed E-state index contributed by atoms with van der Waals surface area (Å²) in [5.74, 6) is 0.786. The Bertz CT molecular complexity index is 402. The maximum absolute atomic E-state index is 5.99. The number of hydrogen-bond donors (Lipinski definition) is 0. The maximum Gasteiger partial charge on any atom is 0.205 e. The minimum atomic E-state index is -0.633. The third-order valence-corrected chi connectivity index (χ3v) is 2.96. The van der Waals surface area contributed by atoms with Crippen LogP contribution in [0, 0.1) is 0 Å². The van der Waals surface area contributed by atoms with E-state index in [1.54, 1.807) is 0 Å². The Labute approximate surface area is 118 Å². The van der Waals surface area contributed by atoms with Crippen molar-refractivity contribution in [3.63, 3.8) is 0 Å². The fourth-order valence-electron chi connectivity index (χ4n) is 2.16. The van der Waals surface area contributed by atoms with Crippen molar-refractivity contribution < 1.29 is 9.47 Å². The quantitative estimate of drug-likeness (QED) is 0.686. The Morgan fingerprint density at radius 1 is 1.11 bits per heavy atom. The molecule has 0 heterocycles. The zero-order valence-electron chi connectivity index (χ0n) is 13.4. The Morgan fingerprint density at radius 2 is 1.74 bits per heavy atom. The lowest BCUT2D eigenvalue weighted by Crippen LogP contribution is -2.39. The van der Waals surface area contributed by atoms with Crippen LogP contribution in [0.25, 0.3) is 0 Å². The van der Waals surface area contributed by atoms with Crippen molar-refractivity contribution in [3.05, 3.63) is 29.8 Å². The topological polar surface area (TPSA) is 18.5 Å². The van der Waals surface area contributed by atoms with Crippen molar-refractivity contribution in [2.75, 3.05) is 0 Å². The van der Waals surface area contributed by atoms with Crippen LogP contribution in [0.15, 0.2) is 24.3 Å². The normalized spacial score (nSPS) is 14.3. The van der Waals surface area contributed by atoms with Crippen LogP contribution in [0.3, 0.4) is 0 Å². The summed E-state index contributed by atoms with van der Waals surface area (Å²) < 4.78 is 11.9. The van der Waals surface area contributed by atoms with Crippen LogP contribution < -0.4 is 4.74 Å². The third-order valence-electron chi connectivity index (χ3n) is 2.96. The van der Waals surface area contributed by atoms with E-state index in [0.717, 1.165) is 12.2 Å². The zero-order chi connectivity index (χ0) is 14.7. The lowest BCUT2D eigenvalue weighted by atomic mass is 9.99. The lowest BCUT2D eigenvalue weighted by Gasteiger charge is -2.34. The van der Waals surface area contributed by atoms with Gasteiger partial charge in [0.2, 0.25) is 5.79 Å². The zero-order valence-corrected chi connectivity index (χ0v) is 13.4. The molecule has 0 aromatic heterocycles. The summed E-state index contributed by atoms with van der Waals surface area (Å²) in [6, 6.07) is 8.30. The standard InChI is InChI=1S/C17H28O2/c1-8-13(2)14-10-9-11-15(12-14)18-17(6,7)19-16(3,4)5/h9-13H,8H2,1-7H3. The van der Waals surface area contributed by atoms with E-state index >= 15 is 0 Å². The molecule has 1 aromatic carbocycles. The van der Waals surface area contributed by atoms with Gasteiger partial charge in [0.1, 0.15) is 5.75 Å². The molecule has 0 aliphatic carbocycles. The predicted molar refractivity (Wildman–Crippen MR) is 80.7 cm³/mol. The van der Waals surface area contributed by atoms with Gasteiger partial charge in [-0.1, -0.05) is 26.0 Å². The van der Waals surface area contributed by atoms with E-state index in [-0.39, 0.29) is 5.60 Å². The summed E-state index contributed by atoms with van der Waals surface area (Å²) in [4.78, 5) is 0. The van der Waals surface area contributed by atoms with Gasteiger partial charge in [0, 0.05) is 13.8 Å². The first-order valence-corrected chi connectivity index (χ1v) is 7.12. The molecule has 1 unspecified atom stereocenters. The third kappa shape index (κ3) is 5.65. The SMILES string of the molecule is CCC(C)c1cccc(OC(C)(C)OC(C)(C)C)c1. The van der Waals surface area contributed by atoms with E-state index in [0.29, 0.717) is 5.92 Å². The van der Waals surface area contributed by atoms with E-state index < -0.39 is 5.79 Å². The summed E-state index contributed by atoms with van der Waals surface area (Å²) in [6.45, 7) is 14.4. The molecule has 1 atom stereocenters. The fourth-order valence-corrected chi connectivity index (χ4v) is 2.16. The first-order valence-electron chi connectivity index (χ1n) is 7.12. The molecule has 1 aromatic rings. The minimum absolute atomic E-state index is 0.224. The van der Waals surface area contributed by atoms with Crippen LogP contribution in [0.2, 0.25) is 0 Å². The summed E-state index contributed by atoms with van der Waals surface area (Å²) in [5.41, 5.74) is 1.09. The minimum Gasteiger partial charge on any atom is -0.463 e. The van der Waals surface area contributed by atoms with E-state index in [1.165, 1.54) is 5.56 Å². The predicted octanol–water partition coefficient (Wildman–Crippen LogP) is 5.13. The van der Waals surface area contributed by atoms with Crippen LogP contribution >= 0.6 is 0 Å². The molecule has 2 heteroatoms. The lowest BCUT2D eigenvalue weighted by molar-refractivity contribution is -0.213. The van der Waals surface area contributed by atoms with Gasteiger partial charge in [-0.2, -0.15) is 0 Å². The molecule has 19 heavy (non-hydrogen) atoms. The Hall–Kier alpha value is -1.02. The molecule has 0 fully saturated rings. The number of rotatable bonds is 5. The van der Waals surface area contributed by atoms with Crippen molar-refractivity contribution in [2.45, 2.75) is 72.2 Å². The highest BCUT2D eigenvalue weighted by atomic mass is 16.7. The van der Waals surface area contributed by atoms with Gasteiger partial charge in [0.25, 0.3) is 0 Å². The van der Waals surface area contributed by atoms with Crippen molar-refractivity contribution >= 4 is 0 Å². The van der Waals surface area contributed by atoms with Gasteiger partial charge in [0.15, 0.2) is 0 Å². The van der Waals surface area contributed by atoms with Crippen molar-refractivity contribution in [3.8, 4) is 5.75 Å². The maximum atomic E-state index is 5.99. The molecule has 1 rings (SSSR count). The molecular formula is C17H28O2. The molecule has 108 valence electrons. The smallest absolute Gasteiger partial charge is 0.205 e. The second kappa shape index (κ2) is 5.96. The fraction of sp³-hybridized carbons (Fsp3) is 0.647. The van der Waals surface area contributed by atoms with Gasteiger partial charge >= 0.3 is 0 Å². The summed E-state index contributed by atoms with van der Waals surface area (Å²) >= 11 is 0. The van der Waals surface area contributed by atoms with Gasteiger partial charge in [-0.25, -0.2) is 0 Å². The van der Waals surface area contributed by atoms with Crippen molar-refractivity contribution in [1.29, 1.82) is 0 Å². The molecule has 0 aliphatic heterocycles. The van der Waals surface area contributed by atoms with Gasteiger partial charge in [0.05, 0.1) is 5.60 Å². The monoisotopic (exact) mass is 264 g/mol. The number of ether oxygens (including phenoxy) is 2. The molecule has 0 saturated carbocycles. The molecule has 0 aliphatic rings. The van der Waals surface area contributed by atoms with Gasteiger partial charge < -0.3 is 9.47 Å². The highest BCUT2D eigenvalue weighted by Gasteiger charge is 2.27. The van der Waals surface area contributed by atoms with Crippen LogP contribution in [0.1, 0.15) is 66.4 Å². The van der Waals surface area contributed by atoms with E-state index in [9.17, 15) is 0 Å². The molecule has 0 radical (unpaired) electrons. The van der Waals surface area contributed by atoms with Gasteiger partial charge in [-0.05, 0) is 50.8 Å². The molecule has 2 nitrogen and oxygen atoms in total. The molecular weight excluding hydrogens is 236 g/mol. The Kier molecular flexibility index (Phi) is 5.03. The largest absolute Gasteiger partial charge is 0.463 e. The van der Waals surface area contributed by atoms with E-state index in [1.807, 2.05) is 46.8 Å². The number of hydrogen-bond acceptors (Lipinski definition) is 2. The average Bonchev–Trinajstić information content (AvgIpc) is 2.24. The summed E-state index contributed by atoms with van der Waals surface area (Å²) in [6.07, 6.45) is 1.13. The Morgan fingerprint density at radius 3 is 2.26 bits per heavy atom. The highest BCUT2D eigenvalue weighted by Crippen LogP contribution is 2.27. The van der Waals surface area contributed by atoms with Crippen molar-refractivity contribution in [2.24, 2.45) is 0 Å². The van der Waals surface area contributed by atoms with Crippen LogP contribution in [-0.4, -0.2) is 11.4 Å². The average molecular weight is 264 g/mol. The molecule has 0 saturated heterocycles. The van der Waals surface area contributed by atoms with Crippen molar-refractivity contribution in [1.82, 2.24) is 0 Å². The van der Waals surface area contributed by atoms with Crippen LogP contribution in [0.4, 0.5) is 0 Å². The molecule has 0 spiro atoms. The first-order chi connectivity index (χ1) is 8.63. The molecule has 0 N–H and O–H groups in total. The number of benzene rings is 1. The van der Waals surface area contributed by atoms with E-state index in [4.69, 9.17) is 9.47 Å². The summed E-state index contributed by atoms with van der Waals surface area (Å²) in [7, 11) is 0. The highest BCUT2D eigenvalue weighted by molar-refractivity contribution is 5.30. The van der Waals surface area contributed by atoms with Crippen LogP contribution in [0.5, 0.6) is 5.75 Å². The molecule has 0 amide bonds. The summed E-state index contributed by atoms with van der Waals surface area (Å²) in [5, 5.41) is 0. The second-order valence-electron chi connectivity index (χ2n) is 6.60.